The van der Waals surface area contributed by atoms with E-state index >= 15 is 0 Å². The second kappa shape index (κ2) is 28.1. The highest BCUT2D eigenvalue weighted by molar-refractivity contribution is 6.09. The first-order valence-corrected chi connectivity index (χ1v) is 17.3. The number of aryl methyl sites for hydroxylation is 1. The van der Waals surface area contributed by atoms with Gasteiger partial charge in [-0.1, -0.05) is 60.1 Å². The summed E-state index contributed by atoms with van der Waals surface area (Å²) in [5.41, 5.74) is 11.7. The van der Waals surface area contributed by atoms with Crippen LogP contribution in [-0.2, 0) is 14.3 Å². The Morgan fingerprint density at radius 2 is 1.52 bits per heavy atom. The number of carbonyl (C=O) groups is 2. The van der Waals surface area contributed by atoms with Crippen molar-refractivity contribution in [2.45, 2.75) is 101 Å². The largest absolute Gasteiger partial charge is 0.396 e. The molecule has 2 N–H and O–H groups in total. The molecule has 1 saturated heterocycles. The number of hydrogen-bond acceptors (Lipinski definition) is 7. The van der Waals surface area contributed by atoms with E-state index in [-0.39, 0.29) is 18.2 Å². The highest BCUT2D eigenvalue weighted by Crippen LogP contribution is 2.25. The van der Waals surface area contributed by atoms with Crippen molar-refractivity contribution in [2.75, 3.05) is 71.0 Å². The summed E-state index contributed by atoms with van der Waals surface area (Å²) in [6.45, 7) is 26.0. The number of ether oxygens (including phenoxy) is 1. The lowest BCUT2D eigenvalue weighted by atomic mass is 10.1. The van der Waals surface area contributed by atoms with Gasteiger partial charge in [0.15, 0.2) is 5.78 Å². The van der Waals surface area contributed by atoms with Crippen molar-refractivity contribution in [3.05, 3.63) is 40.6 Å². The number of amides is 1. The van der Waals surface area contributed by atoms with E-state index in [2.05, 4.69) is 87.4 Å². The first kappa shape index (κ1) is 45.0. The van der Waals surface area contributed by atoms with Crippen molar-refractivity contribution in [2.24, 2.45) is 10.7 Å². The molecule has 1 amide bonds. The maximum atomic E-state index is 12.6. The molecule has 8 heteroatoms. The molecule has 1 aliphatic carbocycles. The monoisotopic (exact) mass is 642 g/mol. The Morgan fingerprint density at radius 3 is 2.02 bits per heavy atom. The van der Waals surface area contributed by atoms with E-state index in [4.69, 9.17) is 10.5 Å². The maximum Gasteiger partial charge on any atom is 0.244 e. The lowest BCUT2D eigenvalue weighted by molar-refractivity contribution is -0.129. The maximum absolute atomic E-state index is 12.6. The van der Waals surface area contributed by atoms with Crippen molar-refractivity contribution >= 4 is 23.1 Å². The first-order chi connectivity index (χ1) is 22.1. The fourth-order valence-corrected chi connectivity index (χ4v) is 5.13. The summed E-state index contributed by atoms with van der Waals surface area (Å²) in [5, 5.41) is 0. The molecule has 0 spiro atoms. The van der Waals surface area contributed by atoms with Gasteiger partial charge in [0.2, 0.25) is 5.91 Å². The summed E-state index contributed by atoms with van der Waals surface area (Å²) in [5.74, 6) is -0.0840. The van der Waals surface area contributed by atoms with E-state index in [1.54, 1.807) is 7.11 Å². The molecule has 0 unspecified atom stereocenters. The minimum atomic E-state index is -0.126. The molecular weight excluding hydrogens is 574 g/mol. The number of nitrogens with zero attached hydrogens (tertiary/aromatic N) is 4. The van der Waals surface area contributed by atoms with Gasteiger partial charge in [-0.25, -0.2) is 0 Å². The highest BCUT2D eigenvalue weighted by Gasteiger charge is 2.24. The van der Waals surface area contributed by atoms with Crippen LogP contribution in [0.3, 0.4) is 0 Å². The van der Waals surface area contributed by atoms with E-state index in [1.165, 1.54) is 56.1 Å². The number of allylic oxidation sites excluding steroid dienone is 2. The van der Waals surface area contributed by atoms with E-state index in [9.17, 15) is 9.59 Å². The van der Waals surface area contributed by atoms with E-state index in [0.29, 0.717) is 18.8 Å². The molecule has 0 radical (unpaired) electrons. The Morgan fingerprint density at radius 1 is 0.957 bits per heavy atom. The van der Waals surface area contributed by atoms with Crippen molar-refractivity contribution < 1.29 is 14.3 Å². The second-order valence-electron chi connectivity index (χ2n) is 11.2. The fraction of sp³-hybridized carbons (Fsp3) is 0.658. The van der Waals surface area contributed by atoms with Crippen LogP contribution in [0.4, 0.5) is 5.69 Å². The number of hydrogen-bond donors (Lipinski definition) is 1. The average Bonchev–Trinajstić information content (AvgIpc) is 3.55. The van der Waals surface area contributed by atoms with E-state index < -0.39 is 0 Å². The molecule has 262 valence electrons. The molecule has 1 heterocycles. The lowest BCUT2D eigenvalue weighted by Gasteiger charge is -2.37. The molecule has 0 atom stereocenters. The normalized spacial score (nSPS) is 15.7. The van der Waals surface area contributed by atoms with Gasteiger partial charge < -0.3 is 25.2 Å². The molecule has 8 nitrogen and oxygen atoms in total. The summed E-state index contributed by atoms with van der Waals surface area (Å²) in [6.07, 6.45) is 14.2. The number of carbonyl (C=O) groups excluding carboxylic acids is 2. The van der Waals surface area contributed by atoms with Crippen LogP contribution in [0.5, 0.6) is 0 Å². The number of rotatable bonds is 11. The van der Waals surface area contributed by atoms with Gasteiger partial charge in [0.1, 0.15) is 6.54 Å². The van der Waals surface area contributed by atoms with Crippen LogP contribution in [0, 0.1) is 26.7 Å². The molecule has 1 aliphatic heterocycles. The Kier molecular flexibility index (Phi) is 27.5. The number of anilines is 1. The third-order valence-corrected chi connectivity index (χ3v) is 7.54. The van der Waals surface area contributed by atoms with Crippen molar-refractivity contribution in [3.63, 3.8) is 0 Å². The third-order valence-electron chi connectivity index (χ3n) is 7.54. The van der Waals surface area contributed by atoms with Crippen LogP contribution in [0.2, 0.25) is 0 Å². The third kappa shape index (κ3) is 17.0. The number of aliphatic imine (C=N–C) groups is 1. The van der Waals surface area contributed by atoms with Gasteiger partial charge in [0.05, 0.1) is 12.3 Å². The molecular formula is C38H67N5O3. The SMILES string of the molecule is C#C.CC.CC(=O)/C(N)=C1\CCCC1=NCC(=O)N1CCN(c2cccc(C)c2C)CC1.CCC.CCCN(CCC)CCOC. The quantitative estimate of drug-likeness (QED) is 0.211. The molecule has 2 aliphatic rings. The highest BCUT2D eigenvalue weighted by atomic mass is 16.5. The number of Topliss-reactive ketones (excluding diaryl/α,β-unsaturated/α-hetero) is 1. The molecule has 2 fully saturated rings. The Hall–Kier alpha value is -3.15. The van der Waals surface area contributed by atoms with Crippen molar-refractivity contribution in [1.82, 2.24) is 9.80 Å². The number of methoxy groups -OCH3 is 1. The molecule has 1 aromatic carbocycles. The number of ketones is 1. The smallest absolute Gasteiger partial charge is 0.244 e. The first-order valence-electron chi connectivity index (χ1n) is 17.3. The van der Waals surface area contributed by atoms with E-state index in [0.717, 1.165) is 56.8 Å². The minimum Gasteiger partial charge on any atom is -0.396 e. The van der Waals surface area contributed by atoms with Crippen molar-refractivity contribution in [1.29, 1.82) is 0 Å². The molecule has 0 aromatic heterocycles. The molecule has 0 bridgehead atoms. The zero-order valence-corrected chi connectivity index (χ0v) is 31.1. The van der Waals surface area contributed by atoms with Crippen LogP contribution in [0.15, 0.2) is 34.5 Å². The van der Waals surface area contributed by atoms with Crippen LogP contribution in [0.25, 0.3) is 0 Å². The number of terminal acetylenes is 1. The van der Waals surface area contributed by atoms with Crippen molar-refractivity contribution in [3.8, 4) is 12.8 Å². The van der Waals surface area contributed by atoms with Gasteiger partial charge in [-0.2, -0.15) is 0 Å². The van der Waals surface area contributed by atoms with Crippen LogP contribution >= 0.6 is 0 Å². The summed E-state index contributed by atoms with van der Waals surface area (Å²) < 4.78 is 5.02. The predicted octanol–water partition coefficient (Wildman–Crippen LogP) is 6.83. The number of nitrogens with two attached hydrogens (primary N) is 1. The molecule has 1 saturated carbocycles. The van der Waals surface area contributed by atoms with Crippen LogP contribution in [0.1, 0.15) is 98.1 Å². The van der Waals surface area contributed by atoms with Gasteiger partial charge in [-0.15, -0.1) is 12.8 Å². The fourth-order valence-electron chi connectivity index (χ4n) is 5.13. The van der Waals surface area contributed by atoms with Crippen LogP contribution < -0.4 is 10.6 Å². The minimum absolute atomic E-state index is 0.0424. The van der Waals surface area contributed by atoms with E-state index in [1.807, 2.05) is 18.7 Å². The van der Waals surface area contributed by atoms with Gasteiger partial charge in [-0.3, -0.25) is 14.6 Å². The van der Waals surface area contributed by atoms with Gasteiger partial charge in [0.25, 0.3) is 0 Å². The van der Waals surface area contributed by atoms with Gasteiger partial charge in [-0.05, 0) is 81.8 Å². The Labute approximate surface area is 282 Å². The summed E-state index contributed by atoms with van der Waals surface area (Å²) in [7, 11) is 1.76. The molecule has 46 heavy (non-hydrogen) atoms. The molecule has 3 rings (SSSR count). The van der Waals surface area contributed by atoms with Gasteiger partial charge in [0, 0.05) is 58.2 Å². The summed E-state index contributed by atoms with van der Waals surface area (Å²) in [4.78, 5) is 35.3. The lowest BCUT2D eigenvalue weighted by Crippen LogP contribution is -2.49. The average molecular weight is 642 g/mol. The standard InChI is InChI=1S/C22H30N4O2.C9H21NO.C3H8.C2H6.C2H2/c1-15-6-4-9-20(16(15)2)25-10-12-26(13-11-25)21(28)14-24-19-8-5-7-18(19)22(23)17(3)27;1-4-6-10(7-5-2)8-9-11-3;1-3-2;2*1-2/h4,6,9H,5,7-8,10-14,23H2,1-3H3;4-9H2,1-3H3;3H2,1-2H3;1-2H3;1-2H/b22-18-,24-19?;;;;. The Bertz CT molecular complexity index is 1050. The Balaban J connectivity index is 0. The van der Waals surface area contributed by atoms with Crippen LogP contribution in [-0.4, -0.2) is 93.3 Å². The number of benzene rings is 1. The zero-order valence-electron chi connectivity index (χ0n) is 31.1. The zero-order chi connectivity index (χ0) is 35.5. The van der Waals surface area contributed by atoms with Gasteiger partial charge >= 0.3 is 0 Å². The predicted molar refractivity (Wildman–Crippen MR) is 199 cm³/mol. The second-order valence-corrected chi connectivity index (χ2v) is 11.2. The summed E-state index contributed by atoms with van der Waals surface area (Å²) in [6, 6.07) is 6.37. The molecule has 1 aromatic rings. The number of piperazine rings is 1. The topological polar surface area (TPSA) is 91.5 Å². The summed E-state index contributed by atoms with van der Waals surface area (Å²) >= 11 is 0.